The molecule has 168 valence electrons. The Labute approximate surface area is 184 Å². The minimum atomic E-state index is -0.969. The smallest absolute Gasteiger partial charge is 0.333 e. The Bertz CT molecular complexity index is 852. The van der Waals surface area contributed by atoms with Crippen LogP contribution in [0.3, 0.4) is 0 Å². The average molecular weight is 428 g/mol. The summed E-state index contributed by atoms with van der Waals surface area (Å²) in [4.78, 5) is 29.9. The molecule has 7 nitrogen and oxygen atoms in total. The SMILES string of the molecule is CCCCCNC(=O)N(C)c1cccc(-c2ccc(C[C@H](OC(C)C)C(=O)O)cc2)n1. The van der Waals surface area contributed by atoms with Gasteiger partial charge in [0, 0.05) is 25.6 Å². The molecular weight excluding hydrogens is 394 g/mol. The van der Waals surface area contributed by atoms with E-state index in [-0.39, 0.29) is 12.1 Å². The number of carboxylic acids is 1. The van der Waals surface area contributed by atoms with Crippen LogP contribution in [0, 0.1) is 0 Å². The minimum Gasteiger partial charge on any atom is -0.479 e. The number of aliphatic carboxylic acids is 1. The third kappa shape index (κ3) is 7.68. The molecule has 0 aliphatic rings. The maximum atomic E-state index is 12.3. The van der Waals surface area contributed by atoms with E-state index in [2.05, 4.69) is 17.2 Å². The summed E-state index contributed by atoms with van der Waals surface area (Å²) in [5, 5.41) is 12.3. The second kappa shape index (κ2) is 12.1. The fourth-order valence-electron chi connectivity index (χ4n) is 3.11. The van der Waals surface area contributed by atoms with Crippen LogP contribution in [-0.4, -0.2) is 47.9 Å². The van der Waals surface area contributed by atoms with Crippen molar-refractivity contribution in [2.45, 2.75) is 58.7 Å². The summed E-state index contributed by atoms with van der Waals surface area (Å²) in [5.74, 6) is -0.408. The number of rotatable bonds is 11. The molecule has 0 spiro atoms. The number of aromatic nitrogens is 1. The molecule has 0 aliphatic heterocycles. The van der Waals surface area contributed by atoms with Gasteiger partial charge in [-0.1, -0.05) is 50.1 Å². The van der Waals surface area contributed by atoms with Crippen molar-refractivity contribution in [1.82, 2.24) is 10.3 Å². The normalized spacial score (nSPS) is 11.9. The molecule has 1 aromatic carbocycles. The van der Waals surface area contributed by atoms with Crippen molar-refractivity contribution in [2.24, 2.45) is 0 Å². The number of pyridine rings is 1. The fourth-order valence-corrected chi connectivity index (χ4v) is 3.11. The first-order valence-electron chi connectivity index (χ1n) is 10.8. The number of anilines is 1. The highest BCUT2D eigenvalue weighted by Gasteiger charge is 2.20. The van der Waals surface area contributed by atoms with Crippen molar-refractivity contribution in [1.29, 1.82) is 0 Å². The number of carbonyl (C=O) groups is 2. The first kappa shape index (κ1) is 24.3. The van der Waals surface area contributed by atoms with Gasteiger partial charge in [0.25, 0.3) is 0 Å². The number of benzene rings is 1. The predicted octanol–water partition coefficient (Wildman–Crippen LogP) is 4.51. The summed E-state index contributed by atoms with van der Waals surface area (Å²) in [6, 6.07) is 12.9. The van der Waals surface area contributed by atoms with Gasteiger partial charge < -0.3 is 15.2 Å². The molecule has 0 saturated heterocycles. The van der Waals surface area contributed by atoms with Gasteiger partial charge in [-0.25, -0.2) is 14.6 Å². The third-order valence-electron chi connectivity index (χ3n) is 4.82. The summed E-state index contributed by atoms with van der Waals surface area (Å²) < 4.78 is 5.48. The molecule has 2 aromatic rings. The Hall–Kier alpha value is -2.93. The Balaban J connectivity index is 2.06. The minimum absolute atomic E-state index is 0.159. The number of carbonyl (C=O) groups excluding carboxylic acids is 1. The summed E-state index contributed by atoms with van der Waals surface area (Å²) in [6.45, 7) is 6.41. The zero-order chi connectivity index (χ0) is 22.8. The van der Waals surface area contributed by atoms with Gasteiger partial charge in [-0.3, -0.25) is 4.90 Å². The number of ether oxygens (including phenoxy) is 1. The van der Waals surface area contributed by atoms with E-state index < -0.39 is 12.1 Å². The molecule has 0 radical (unpaired) electrons. The second-order valence-corrected chi connectivity index (χ2v) is 7.79. The summed E-state index contributed by atoms with van der Waals surface area (Å²) >= 11 is 0. The monoisotopic (exact) mass is 427 g/mol. The van der Waals surface area contributed by atoms with Crippen molar-refractivity contribution in [3.63, 3.8) is 0 Å². The molecule has 1 heterocycles. The molecule has 0 unspecified atom stereocenters. The van der Waals surface area contributed by atoms with Crippen LogP contribution in [0.1, 0.15) is 45.6 Å². The van der Waals surface area contributed by atoms with E-state index in [0.717, 1.165) is 36.1 Å². The number of amides is 2. The predicted molar refractivity (Wildman–Crippen MR) is 122 cm³/mol. The number of hydrogen-bond acceptors (Lipinski definition) is 4. The van der Waals surface area contributed by atoms with Crippen molar-refractivity contribution in [2.75, 3.05) is 18.5 Å². The van der Waals surface area contributed by atoms with Gasteiger partial charge >= 0.3 is 12.0 Å². The number of unbranched alkanes of at least 4 members (excludes halogenated alkanes) is 2. The topological polar surface area (TPSA) is 91.8 Å². The van der Waals surface area contributed by atoms with Crippen LogP contribution in [0.25, 0.3) is 11.3 Å². The van der Waals surface area contributed by atoms with Crippen molar-refractivity contribution in [3.8, 4) is 11.3 Å². The van der Waals surface area contributed by atoms with Gasteiger partial charge in [0.1, 0.15) is 5.82 Å². The highest BCUT2D eigenvalue weighted by atomic mass is 16.5. The number of nitrogens with one attached hydrogen (secondary N) is 1. The second-order valence-electron chi connectivity index (χ2n) is 7.79. The highest BCUT2D eigenvalue weighted by molar-refractivity contribution is 5.90. The van der Waals surface area contributed by atoms with Gasteiger partial charge in [0.05, 0.1) is 11.8 Å². The van der Waals surface area contributed by atoms with E-state index in [0.29, 0.717) is 18.8 Å². The quantitative estimate of drug-likeness (QED) is 0.515. The lowest BCUT2D eigenvalue weighted by molar-refractivity contribution is -0.153. The molecule has 0 saturated carbocycles. The largest absolute Gasteiger partial charge is 0.479 e. The molecule has 1 aromatic heterocycles. The average Bonchev–Trinajstić information content (AvgIpc) is 2.76. The summed E-state index contributed by atoms with van der Waals surface area (Å²) in [7, 11) is 1.70. The number of hydrogen-bond donors (Lipinski definition) is 2. The van der Waals surface area contributed by atoms with Gasteiger partial charge in [0.15, 0.2) is 6.10 Å². The van der Waals surface area contributed by atoms with Crippen LogP contribution in [0.2, 0.25) is 0 Å². The standard InChI is InChI=1S/C24H33N3O4/c1-5-6-7-15-25-24(30)27(4)22-10-8-9-20(26-22)19-13-11-18(12-14-19)16-21(23(28)29)31-17(2)3/h8-14,17,21H,5-7,15-16H2,1-4H3,(H,25,30)(H,28,29)/t21-/m0/s1. The number of carboxylic acid groups (broad SMARTS) is 1. The van der Waals surface area contributed by atoms with E-state index in [4.69, 9.17) is 4.74 Å². The molecule has 0 aliphatic carbocycles. The zero-order valence-electron chi connectivity index (χ0n) is 18.8. The van der Waals surface area contributed by atoms with E-state index in [1.807, 2.05) is 50.2 Å². The van der Waals surface area contributed by atoms with Crippen molar-refractivity contribution >= 4 is 17.8 Å². The van der Waals surface area contributed by atoms with Crippen molar-refractivity contribution in [3.05, 3.63) is 48.0 Å². The first-order valence-corrected chi connectivity index (χ1v) is 10.8. The van der Waals surface area contributed by atoms with Crippen LogP contribution < -0.4 is 10.2 Å². The number of nitrogens with zero attached hydrogens (tertiary/aromatic N) is 2. The Morgan fingerprint density at radius 3 is 2.45 bits per heavy atom. The first-order chi connectivity index (χ1) is 14.8. The van der Waals surface area contributed by atoms with Crippen LogP contribution in [0.5, 0.6) is 0 Å². The molecular formula is C24H33N3O4. The van der Waals surface area contributed by atoms with Gasteiger partial charge in [-0.2, -0.15) is 0 Å². The van der Waals surface area contributed by atoms with Gasteiger partial charge in [0.2, 0.25) is 0 Å². The maximum Gasteiger partial charge on any atom is 0.333 e. The lowest BCUT2D eigenvalue weighted by atomic mass is 10.0. The zero-order valence-corrected chi connectivity index (χ0v) is 18.8. The molecule has 2 amide bonds. The fraction of sp³-hybridized carbons (Fsp3) is 0.458. The van der Waals surface area contributed by atoms with E-state index >= 15 is 0 Å². The van der Waals surface area contributed by atoms with Crippen LogP contribution in [-0.2, 0) is 16.0 Å². The Kier molecular flexibility index (Phi) is 9.46. The van der Waals surface area contributed by atoms with Gasteiger partial charge in [-0.05, 0) is 38.0 Å². The molecule has 7 heteroatoms. The summed E-state index contributed by atoms with van der Waals surface area (Å²) in [5.41, 5.74) is 2.50. The molecule has 2 N–H and O–H groups in total. The van der Waals surface area contributed by atoms with E-state index in [1.165, 1.54) is 4.90 Å². The molecule has 1 atom stereocenters. The van der Waals surface area contributed by atoms with E-state index in [9.17, 15) is 14.7 Å². The van der Waals surface area contributed by atoms with Crippen LogP contribution in [0.15, 0.2) is 42.5 Å². The molecule has 2 rings (SSSR count). The van der Waals surface area contributed by atoms with Crippen LogP contribution in [0.4, 0.5) is 10.6 Å². The Morgan fingerprint density at radius 1 is 1.13 bits per heavy atom. The number of urea groups is 1. The maximum absolute atomic E-state index is 12.3. The molecule has 0 bridgehead atoms. The lowest BCUT2D eigenvalue weighted by Gasteiger charge is -2.18. The highest BCUT2D eigenvalue weighted by Crippen LogP contribution is 2.22. The summed E-state index contributed by atoms with van der Waals surface area (Å²) in [6.07, 6.45) is 2.41. The lowest BCUT2D eigenvalue weighted by Crippen LogP contribution is -2.38. The third-order valence-corrected chi connectivity index (χ3v) is 4.82. The Morgan fingerprint density at radius 2 is 1.84 bits per heavy atom. The van der Waals surface area contributed by atoms with Crippen molar-refractivity contribution < 1.29 is 19.4 Å². The van der Waals surface area contributed by atoms with E-state index in [1.54, 1.807) is 13.1 Å². The molecule has 31 heavy (non-hydrogen) atoms. The van der Waals surface area contributed by atoms with Gasteiger partial charge in [-0.15, -0.1) is 0 Å². The molecule has 0 fully saturated rings. The van der Waals surface area contributed by atoms with Crippen LogP contribution >= 0.6 is 0 Å².